The molecule has 1 rings (SSSR count). The van der Waals surface area contributed by atoms with Crippen molar-refractivity contribution in [1.29, 1.82) is 0 Å². The van der Waals surface area contributed by atoms with Gasteiger partial charge in [0.05, 0.1) is 19.8 Å². The van der Waals surface area contributed by atoms with Gasteiger partial charge in [-0.1, -0.05) is 194 Å². The highest BCUT2D eigenvalue weighted by atomic mass is 32.3. The van der Waals surface area contributed by atoms with Crippen molar-refractivity contribution in [1.82, 2.24) is 0 Å². The van der Waals surface area contributed by atoms with E-state index in [1.165, 1.54) is 57.8 Å². The summed E-state index contributed by atoms with van der Waals surface area (Å²) in [4.78, 5) is 12.9. The smallest absolute Gasteiger partial charge is 0.397 e. The fraction of sp³-hybridized carbons (Fsp3) is 0.678. The first kappa shape index (κ1) is 66.8. The Morgan fingerprint density at radius 2 is 0.958 bits per heavy atom. The first-order chi connectivity index (χ1) is 35.1. The van der Waals surface area contributed by atoms with Crippen LogP contribution in [0.4, 0.5) is 0 Å². The van der Waals surface area contributed by atoms with Gasteiger partial charge >= 0.3 is 16.4 Å². The molecule has 0 spiro atoms. The summed E-state index contributed by atoms with van der Waals surface area (Å²) >= 11 is 0. The molecule has 1 aliphatic heterocycles. The fourth-order valence-electron chi connectivity index (χ4n) is 7.74. The van der Waals surface area contributed by atoms with Crippen molar-refractivity contribution < 1.29 is 56.2 Å². The van der Waals surface area contributed by atoms with Gasteiger partial charge in [0, 0.05) is 13.0 Å². The molecule has 0 radical (unpaired) electrons. The van der Waals surface area contributed by atoms with E-state index in [-0.39, 0.29) is 19.6 Å². The number of ether oxygens (including phenoxy) is 4. The summed E-state index contributed by atoms with van der Waals surface area (Å²) in [5.74, 6) is -0.431. The molecule has 1 saturated heterocycles. The van der Waals surface area contributed by atoms with Gasteiger partial charge in [0.1, 0.15) is 30.5 Å². The van der Waals surface area contributed by atoms with Crippen LogP contribution in [0.15, 0.2) is 109 Å². The van der Waals surface area contributed by atoms with Crippen LogP contribution in [0.3, 0.4) is 0 Å². The molecule has 6 atom stereocenters. The maximum atomic E-state index is 12.9. The van der Waals surface area contributed by atoms with E-state index < -0.39 is 59.8 Å². The Labute approximate surface area is 437 Å². The van der Waals surface area contributed by atoms with Gasteiger partial charge in [0.25, 0.3) is 0 Å². The van der Waals surface area contributed by atoms with Gasteiger partial charge in [0.15, 0.2) is 6.29 Å². The maximum Gasteiger partial charge on any atom is 0.397 e. The number of carbonyl (C=O) groups excluding carboxylic acids is 1. The molecule has 0 amide bonds. The molecule has 0 aromatic heterocycles. The number of allylic oxidation sites excluding steroid dienone is 18. The zero-order valence-electron chi connectivity index (χ0n) is 44.4. The average molecular weight is 1030 g/mol. The lowest BCUT2D eigenvalue weighted by Gasteiger charge is -2.41. The third-order valence-corrected chi connectivity index (χ3v) is 12.3. The van der Waals surface area contributed by atoms with Crippen LogP contribution in [0.25, 0.3) is 0 Å². The molecule has 0 aliphatic carbocycles. The lowest BCUT2D eigenvalue weighted by atomic mass is 9.99. The fourth-order valence-corrected chi connectivity index (χ4v) is 8.25. The first-order valence-electron chi connectivity index (χ1n) is 27.6. The topological polar surface area (TPSA) is 178 Å². The van der Waals surface area contributed by atoms with E-state index >= 15 is 0 Å². The summed E-state index contributed by atoms with van der Waals surface area (Å²) < 4.78 is 59.3. The molecule has 13 heteroatoms. The Hall–Kier alpha value is -3.24. The van der Waals surface area contributed by atoms with E-state index in [0.29, 0.717) is 13.0 Å². The van der Waals surface area contributed by atoms with Crippen LogP contribution in [0.5, 0.6) is 0 Å². The number of hydrogen-bond acceptors (Lipinski definition) is 11. The summed E-state index contributed by atoms with van der Waals surface area (Å²) in [6.45, 7) is 3.80. The Morgan fingerprint density at radius 3 is 1.40 bits per heavy atom. The lowest BCUT2D eigenvalue weighted by molar-refractivity contribution is -0.301. The van der Waals surface area contributed by atoms with E-state index in [0.717, 1.165) is 109 Å². The number of esters is 1. The number of carbonyl (C=O) groups is 1. The largest absolute Gasteiger partial charge is 0.457 e. The number of aliphatic hydroxyl groups excluding tert-OH is 3. The molecular weight excluding hydrogens is 933 g/mol. The van der Waals surface area contributed by atoms with Crippen molar-refractivity contribution in [3.05, 3.63) is 109 Å². The van der Waals surface area contributed by atoms with Crippen LogP contribution in [0.1, 0.15) is 194 Å². The third kappa shape index (κ3) is 41.1. The monoisotopic (exact) mass is 1030 g/mol. The SMILES string of the molecule is CC/C=C\C/C=C\C/C=C\C/C=C\C/C=C\C/C=C\CCCCCCC(=O)OC(COCCCCCCCCC/C=C\C/C=C\C/C=C\CCCCCCC)COC1OC(CO)C(O)C(OS(=O)(=O)O)C1O. The van der Waals surface area contributed by atoms with Gasteiger partial charge in [-0.2, -0.15) is 8.42 Å². The Morgan fingerprint density at radius 1 is 0.542 bits per heavy atom. The lowest BCUT2D eigenvalue weighted by Crippen LogP contribution is -2.60. The molecule has 1 heterocycles. The van der Waals surface area contributed by atoms with Gasteiger partial charge in [0.2, 0.25) is 0 Å². The highest BCUT2D eigenvalue weighted by Crippen LogP contribution is 2.26. The van der Waals surface area contributed by atoms with E-state index in [9.17, 15) is 33.1 Å². The Kier molecular flexibility index (Phi) is 45.2. The van der Waals surface area contributed by atoms with Gasteiger partial charge in [-0.15, -0.1) is 0 Å². The molecule has 4 N–H and O–H groups in total. The molecule has 0 aromatic carbocycles. The average Bonchev–Trinajstić information content (AvgIpc) is 3.36. The van der Waals surface area contributed by atoms with Crippen molar-refractivity contribution in [2.45, 2.75) is 230 Å². The van der Waals surface area contributed by atoms with Gasteiger partial charge < -0.3 is 34.3 Å². The highest BCUT2D eigenvalue weighted by molar-refractivity contribution is 7.80. The number of hydrogen-bond donors (Lipinski definition) is 4. The Bertz CT molecular complexity index is 1660. The predicted octanol–water partition coefficient (Wildman–Crippen LogP) is 13.5. The van der Waals surface area contributed by atoms with E-state index in [2.05, 4.69) is 127 Å². The minimum atomic E-state index is -5.08. The third-order valence-electron chi connectivity index (χ3n) is 11.9. The minimum Gasteiger partial charge on any atom is -0.457 e. The predicted molar refractivity (Wildman–Crippen MR) is 294 cm³/mol. The summed E-state index contributed by atoms with van der Waals surface area (Å²) in [7, 11) is -5.08. The summed E-state index contributed by atoms with van der Waals surface area (Å²) in [5, 5.41) is 30.8. The van der Waals surface area contributed by atoms with Gasteiger partial charge in [-0.3, -0.25) is 9.35 Å². The molecule has 412 valence electrons. The van der Waals surface area contributed by atoms with Crippen molar-refractivity contribution in [2.75, 3.05) is 26.4 Å². The maximum absolute atomic E-state index is 12.9. The van der Waals surface area contributed by atoms with Crippen LogP contribution >= 0.6 is 0 Å². The summed E-state index contributed by atoms with van der Waals surface area (Å²) in [6, 6.07) is 0. The molecule has 72 heavy (non-hydrogen) atoms. The molecule has 6 unspecified atom stereocenters. The van der Waals surface area contributed by atoms with E-state index in [1.54, 1.807) is 0 Å². The van der Waals surface area contributed by atoms with Crippen LogP contribution in [0, 0.1) is 0 Å². The quantitative estimate of drug-likeness (QED) is 0.0197. The van der Waals surface area contributed by atoms with E-state index in [4.69, 9.17) is 18.9 Å². The second-order valence-corrected chi connectivity index (χ2v) is 19.5. The van der Waals surface area contributed by atoms with Crippen molar-refractivity contribution >= 4 is 16.4 Å². The number of aliphatic hydroxyl groups is 3. The highest BCUT2D eigenvalue weighted by Gasteiger charge is 2.48. The second kappa shape index (κ2) is 48.7. The van der Waals surface area contributed by atoms with Crippen LogP contribution in [-0.4, -0.2) is 97.5 Å². The molecule has 0 bridgehead atoms. The Balaban J connectivity index is 2.38. The van der Waals surface area contributed by atoms with Crippen molar-refractivity contribution in [2.24, 2.45) is 0 Å². The molecule has 0 aromatic rings. The molecule has 12 nitrogen and oxygen atoms in total. The van der Waals surface area contributed by atoms with Crippen LogP contribution in [-0.2, 0) is 38.3 Å². The summed E-state index contributed by atoms with van der Waals surface area (Å²) in [6.07, 6.45) is 59.7. The second-order valence-electron chi connectivity index (χ2n) is 18.4. The van der Waals surface area contributed by atoms with Crippen molar-refractivity contribution in [3.8, 4) is 0 Å². The first-order valence-corrected chi connectivity index (χ1v) is 29.0. The van der Waals surface area contributed by atoms with Crippen LogP contribution in [0.2, 0.25) is 0 Å². The number of rotatable bonds is 47. The molecule has 0 saturated carbocycles. The van der Waals surface area contributed by atoms with Gasteiger partial charge in [-0.25, -0.2) is 4.18 Å². The number of unbranched alkanes of at least 4 members (excludes halogenated alkanes) is 16. The molecule has 1 aliphatic rings. The minimum absolute atomic E-state index is 0.0110. The van der Waals surface area contributed by atoms with Crippen LogP contribution < -0.4 is 0 Å². The zero-order valence-corrected chi connectivity index (χ0v) is 45.3. The zero-order chi connectivity index (χ0) is 52.4. The molecular formula is C59H98O12S. The van der Waals surface area contributed by atoms with Gasteiger partial charge in [-0.05, 0) is 103 Å². The standard InChI is InChI=1S/C59H98O12S/c1-3-5-7-9-11-13-15-17-19-21-23-25-27-28-30-32-34-36-38-40-42-44-46-48-55(61)69-53(52-68-59-57(63)58(71-72(64,65)66)56(62)54(50-60)70-59)51-67-49-47-45-43-41-39-37-35-33-31-29-26-24-22-20-18-16-14-12-10-8-6-4-2/h5,7,11,13,16-19,22-25,28-31,34,36,53-54,56-60,62-63H,3-4,6,8-10,12,14-15,20-21,26-27,32-33,35,37-52H2,1-2H3,(H,64,65,66)/b7-5-,13-11-,18-16-,19-17-,24-22-,25-23-,30-28-,31-29-,36-34-. The summed E-state index contributed by atoms with van der Waals surface area (Å²) in [5.41, 5.74) is 0. The normalized spacial score (nSPS) is 19.8. The molecule has 1 fully saturated rings. The van der Waals surface area contributed by atoms with E-state index in [1.807, 2.05) is 0 Å². The van der Waals surface area contributed by atoms with Crippen molar-refractivity contribution in [3.63, 3.8) is 0 Å².